The van der Waals surface area contributed by atoms with E-state index in [0.29, 0.717) is 12.5 Å². The first-order valence-corrected chi connectivity index (χ1v) is 10.5. The summed E-state index contributed by atoms with van der Waals surface area (Å²) in [6.45, 7) is 1.51. The summed E-state index contributed by atoms with van der Waals surface area (Å²) in [4.78, 5) is 15.9. The summed E-state index contributed by atoms with van der Waals surface area (Å²) in [5, 5.41) is 8.22. The number of amides is 2. The molecule has 2 N–H and O–H groups in total. The Morgan fingerprint density at radius 3 is 2.59 bits per heavy atom. The van der Waals surface area contributed by atoms with Gasteiger partial charge in [0.05, 0.1) is 6.04 Å². The lowest BCUT2D eigenvalue weighted by Crippen LogP contribution is -2.35. The molecule has 2 amide bonds. The predicted molar refractivity (Wildman–Crippen MR) is 112 cm³/mol. The molecule has 5 nitrogen and oxygen atoms in total. The molecule has 1 aliphatic rings. The summed E-state index contributed by atoms with van der Waals surface area (Å²) >= 11 is 1.72. The molecule has 1 aliphatic carbocycles. The Balaban J connectivity index is 1.54. The number of carbonyl (C=O) groups is 1. The molecule has 1 aromatic carbocycles. The highest BCUT2D eigenvalue weighted by molar-refractivity contribution is 7.10. The Labute approximate surface area is 165 Å². The summed E-state index contributed by atoms with van der Waals surface area (Å²) in [6.07, 6.45) is 4.87. The van der Waals surface area contributed by atoms with E-state index in [1.165, 1.54) is 30.6 Å². The second-order valence-corrected chi connectivity index (χ2v) is 8.29. The fraction of sp³-hybridized carbons (Fsp3) is 0.476. The van der Waals surface area contributed by atoms with E-state index in [2.05, 4.69) is 33.0 Å². The second-order valence-electron chi connectivity index (χ2n) is 7.31. The van der Waals surface area contributed by atoms with Gasteiger partial charge in [-0.3, -0.25) is 0 Å². The van der Waals surface area contributed by atoms with Crippen molar-refractivity contribution in [3.63, 3.8) is 0 Å². The first kappa shape index (κ1) is 19.7. The van der Waals surface area contributed by atoms with Crippen LogP contribution in [0.15, 0.2) is 41.8 Å². The third-order valence-electron chi connectivity index (χ3n) is 4.93. The van der Waals surface area contributed by atoms with Gasteiger partial charge in [-0.05, 0) is 68.6 Å². The van der Waals surface area contributed by atoms with Gasteiger partial charge in [0, 0.05) is 17.1 Å². The van der Waals surface area contributed by atoms with Crippen LogP contribution in [0.2, 0.25) is 0 Å². The lowest BCUT2D eigenvalue weighted by molar-refractivity contribution is 0.243. The Kier molecular flexibility index (Phi) is 7.12. The maximum atomic E-state index is 12.6. The molecule has 1 fully saturated rings. The van der Waals surface area contributed by atoms with E-state index in [1.807, 2.05) is 38.4 Å². The van der Waals surface area contributed by atoms with Gasteiger partial charge in [0.15, 0.2) is 0 Å². The fourth-order valence-corrected chi connectivity index (χ4v) is 4.34. The van der Waals surface area contributed by atoms with Crippen molar-refractivity contribution in [3.05, 3.63) is 46.7 Å². The quantitative estimate of drug-likeness (QED) is 0.688. The smallest absolute Gasteiger partial charge is 0.319 e. The summed E-state index contributed by atoms with van der Waals surface area (Å²) in [5.41, 5.74) is 0.767. The van der Waals surface area contributed by atoms with E-state index in [0.717, 1.165) is 18.0 Å². The van der Waals surface area contributed by atoms with E-state index in [9.17, 15) is 4.79 Å². The molecule has 0 saturated heterocycles. The average Bonchev–Trinajstić information content (AvgIpc) is 3.35. The number of rotatable bonds is 8. The van der Waals surface area contributed by atoms with Crippen LogP contribution < -0.4 is 15.4 Å². The van der Waals surface area contributed by atoms with Crippen LogP contribution in [0.3, 0.4) is 0 Å². The van der Waals surface area contributed by atoms with Crippen molar-refractivity contribution >= 4 is 23.1 Å². The van der Waals surface area contributed by atoms with Crippen molar-refractivity contribution in [3.8, 4) is 5.75 Å². The average molecular weight is 388 g/mol. The van der Waals surface area contributed by atoms with Crippen molar-refractivity contribution in [1.82, 2.24) is 10.2 Å². The number of hydrogen-bond donors (Lipinski definition) is 2. The first-order valence-electron chi connectivity index (χ1n) is 9.60. The second kappa shape index (κ2) is 9.76. The van der Waals surface area contributed by atoms with Crippen LogP contribution in [0.1, 0.15) is 36.6 Å². The third-order valence-corrected chi connectivity index (χ3v) is 5.88. The zero-order valence-corrected chi connectivity index (χ0v) is 16.9. The molecule has 27 heavy (non-hydrogen) atoms. The molecular weight excluding hydrogens is 358 g/mol. The van der Waals surface area contributed by atoms with Crippen LogP contribution in [-0.4, -0.2) is 38.2 Å². The lowest BCUT2D eigenvalue weighted by Gasteiger charge is -2.24. The molecule has 2 aromatic rings. The Hall–Kier alpha value is -2.05. The molecule has 3 rings (SSSR count). The number of nitrogens with zero attached hydrogens (tertiary/aromatic N) is 1. The highest BCUT2D eigenvalue weighted by Gasteiger charge is 2.28. The van der Waals surface area contributed by atoms with Crippen LogP contribution in [-0.2, 0) is 0 Å². The normalized spacial score (nSPS) is 15.7. The number of carbonyl (C=O) groups excluding carboxylic acids is 1. The van der Waals surface area contributed by atoms with Crippen LogP contribution >= 0.6 is 11.3 Å². The largest absolute Gasteiger partial charge is 0.492 e. The van der Waals surface area contributed by atoms with Gasteiger partial charge >= 0.3 is 6.03 Å². The van der Waals surface area contributed by atoms with Crippen molar-refractivity contribution in [1.29, 1.82) is 0 Å². The highest BCUT2D eigenvalue weighted by Crippen LogP contribution is 2.37. The molecule has 146 valence electrons. The Morgan fingerprint density at radius 2 is 1.96 bits per heavy atom. The van der Waals surface area contributed by atoms with Crippen LogP contribution in [0.5, 0.6) is 5.75 Å². The molecule has 0 bridgehead atoms. The summed E-state index contributed by atoms with van der Waals surface area (Å²) < 4.78 is 5.69. The topological polar surface area (TPSA) is 53.6 Å². The molecule has 1 heterocycles. The van der Waals surface area contributed by atoms with E-state index in [4.69, 9.17) is 4.74 Å². The maximum Gasteiger partial charge on any atom is 0.319 e. The summed E-state index contributed by atoms with van der Waals surface area (Å²) in [6, 6.07) is 11.6. The zero-order chi connectivity index (χ0) is 19.1. The van der Waals surface area contributed by atoms with Gasteiger partial charge in [0.2, 0.25) is 0 Å². The minimum Gasteiger partial charge on any atom is -0.492 e. The molecule has 0 spiro atoms. The standard InChI is InChI=1S/C21H29N3O2S/c1-24(2)13-14-26-18-11-9-17(10-12-18)22-21(25)23-20(16-6-3-4-7-16)19-8-5-15-27-19/h5,8-12,15-16,20H,3-4,6-7,13-14H2,1-2H3,(H2,22,23,25)/t20-/m0/s1. The van der Waals surface area contributed by atoms with E-state index < -0.39 is 0 Å². The van der Waals surface area contributed by atoms with Crippen LogP contribution in [0.25, 0.3) is 0 Å². The van der Waals surface area contributed by atoms with Gasteiger partial charge in [0.25, 0.3) is 0 Å². The SMILES string of the molecule is CN(C)CCOc1ccc(NC(=O)N[C@H](c2cccs2)C2CCCC2)cc1. The molecule has 0 aliphatic heterocycles. The van der Waals surface area contributed by atoms with Crippen LogP contribution in [0.4, 0.5) is 10.5 Å². The van der Waals surface area contributed by atoms with Gasteiger partial charge in [0.1, 0.15) is 12.4 Å². The molecular formula is C21H29N3O2S. The van der Waals surface area contributed by atoms with Crippen molar-refractivity contribution in [2.75, 3.05) is 32.6 Å². The van der Waals surface area contributed by atoms with Gasteiger partial charge < -0.3 is 20.3 Å². The Morgan fingerprint density at radius 1 is 1.22 bits per heavy atom. The summed E-state index contributed by atoms with van der Waals surface area (Å²) in [7, 11) is 4.04. The fourth-order valence-electron chi connectivity index (χ4n) is 3.47. The molecule has 1 atom stereocenters. The number of thiophene rings is 1. The highest BCUT2D eigenvalue weighted by atomic mass is 32.1. The minimum absolute atomic E-state index is 0.0983. The number of urea groups is 1. The monoisotopic (exact) mass is 387 g/mol. The van der Waals surface area contributed by atoms with Gasteiger partial charge in [-0.2, -0.15) is 0 Å². The van der Waals surface area contributed by atoms with Crippen molar-refractivity contribution < 1.29 is 9.53 Å². The Bertz CT molecular complexity index is 695. The van der Waals surface area contributed by atoms with Gasteiger partial charge in [-0.15, -0.1) is 11.3 Å². The van der Waals surface area contributed by atoms with E-state index in [1.54, 1.807) is 11.3 Å². The third kappa shape index (κ3) is 5.97. The zero-order valence-electron chi connectivity index (χ0n) is 16.1. The number of ether oxygens (including phenoxy) is 1. The predicted octanol–water partition coefficient (Wildman–Crippen LogP) is 4.74. The van der Waals surface area contributed by atoms with Crippen molar-refractivity contribution in [2.24, 2.45) is 5.92 Å². The number of hydrogen-bond acceptors (Lipinski definition) is 4. The maximum absolute atomic E-state index is 12.6. The number of likely N-dealkylation sites (N-methyl/N-ethyl adjacent to an activating group) is 1. The number of nitrogens with one attached hydrogen (secondary N) is 2. The van der Waals surface area contributed by atoms with E-state index in [-0.39, 0.29) is 12.1 Å². The molecule has 0 unspecified atom stereocenters. The molecule has 0 radical (unpaired) electrons. The minimum atomic E-state index is -0.151. The van der Waals surface area contributed by atoms with E-state index >= 15 is 0 Å². The van der Waals surface area contributed by atoms with Crippen molar-refractivity contribution in [2.45, 2.75) is 31.7 Å². The van der Waals surface area contributed by atoms with Gasteiger partial charge in [-0.1, -0.05) is 18.9 Å². The van der Waals surface area contributed by atoms with Crippen LogP contribution in [0, 0.1) is 5.92 Å². The number of anilines is 1. The number of benzene rings is 1. The lowest BCUT2D eigenvalue weighted by atomic mass is 9.97. The molecule has 1 saturated carbocycles. The summed E-state index contributed by atoms with van der Waals surface area (Å²) in [5.74, 6) is 1.34. The first-order chi connectivity index (χ1) is 13.1. The molecule has 1 aromatic heterocycles. The van der Waals surface area contributed by atoms with Gasteiger partial charge in [-0.25, -0.2) is 4.79 Å². The molecule has 6 heteroatoms.